The topological polar surface area (TPSA) is 69.4 Å². The van der Waals surface area contributed by atoms with Gasteiger partial charge in [0.05, 0.1) is 5.92 Å². The van der Waals surface area contributed by atoms with Crippen LogP contribution in [0, 0.1) is 0 Å². The number of nitrogens with zero attached hydrogens (tertiary/aromatic N) is 2. The van der Waals surface area contributed by atoms with Crippen molar-refractivity contribution in [3.05, 3.63) is 11.7 Å². The first-order valence-corrected chi connectivity index (χ1v) is 6.52. The van der Waals surface area contributed by atoms with E-state index in [1.807, 2.05) is 0 Å². The van der Waals surface area contributed by atoms with Crippen LogP contribution >= 0.6 is 0 Å². The lowest BCUT2D eigenvalue weighted by atomic mass is 9.93. The van der Waals surface area contributed by atoms with Crippen molar-refractivity contribution in [2.24, 2.45) is 0 Å². The maximum atomic E-state index is 5.66. The molecule has 0 bridgehead atoms. The van der Waals surface area contributed by atoms with E-state index in [2.05, 4.69) is 15.5 Å². The molecule has 1 atom stereocenters. The Hall–Kier alpha value is -0.980. The van der Waals surface area contributed by atoms with Gasteiger partial charge in [-0.2, -0.15) is 4.98 Å². The number of aromatic nitrogens is 2. The van der Waals surface area contributed by atoms with E-state index < -0.39 is 5.60 Å². The van der Waals surface area contributed by atoms with Gasteiger partial charge < -0.3 is 19.3 Å². The maximum Gasteiger partial charge on any atom is 0.231 e. The minimum Gasteiger partial charge on any atom is -0.381 e. The van der Waals surface area contributed by atoms with E-state index >= 15 is 0 Å². The quantitative estimate of drug-likeness (QED) is 0.859. The van der Waals surface area contributed by atoms with Crippen LogP contribution in [0.4, 0.5) is 0 Å². The van der Waals surface area contributed by atoms with Gasteiger partial charge in [0.1, 0.15) is 5.60 Å². The summed E-state index contributed by atoms with van der Waals surface area (Å²) in [5.74, 6) is 1.76. The van der Waals surface area contributed by atoms with Gasteiger partial charge >= 0.3 is 0 Å². The molecule has 3 rings (SSSR count). The van der Waals surface area contributed by atoms with Gasteiger partial charge in [0.2, 0.25) is 11.7 Å². The van der Waals surface area contributed by atoms with E-state index in [1.165, 1.54) is 0 Å². The van der Waals surface area contributed by atoms with Crippen LogP contribution in [-0.4, -0.2) is 43.6 Å². The van der Waals surface area contributed by atoms with Gasteiger partial charge in [0.25, 0.3) is 0 Å². The number of hydrogen-bond donors (Lipinski definition) is 1. The summed E-state index contributed by atoms with van der Waals surface area (Å²) >= 11 is 0. The van der Waals surface area contributed by atoms with E-state index in [1.54, 1.807) is 7.11 Å². The van der Waals surface area contributed by atoms with Gasteiger partial charge in [-0.3, -0.25) is 0 Å². The predicted molar refractivity (Wildman–Crippen MR) is 63.3 cm³/mol. The zero-order valence-electron chi connectivity index (χ0n) is 10.6. The van der Waals surface area contributed by atoms with Crippen LogP contribution in [-0.2, 0) is 15.1 Å². The number of methoxy groups -OCH3 is 1. The highest BCUT2D eigenvalue weighted by Crippen LogP contribution is 2.34. The highest BCUT2D eigenvalue weighted by Gasteiger charge is 2.39. The highest BCUT2D eigenvalue weighted by molar-refractivity contribution is 5.06. The van der Waals surface area contributed by atoms with Crippen LogP contribution < -0.4 is 5.32 Å². The summed E-state index contributed by atoms with van der Waals surface area (Å²) in [5.41, 5.74) is -0.425. The average Bonchev–Trinajstić information content (AvgIpc) is 3.10. The lowest BCUT2D eigenvalue weighted by Gasteiger charge is -2.32. The second kappa shape index (κ2) is 4.95. The third-order valence-electron chi connectivity index (χ3n) is 3.95. The van der Waals surface area contributed by atoms with Crippen LogP contribution in [0.2, 0.25) is 0 Å². The minimum absolute atomic E-state index is 0.347. The summed E-state index contributed by atoms with van der Waals surface area (Å²) in [5, 5.41) is 7.44. The van der Waals surface area contributed by atoms with Crippen molar-refractivity contribution >= 4 is 0 Å². The van der Waals surface area contributed by atoms with Gasteiger partial charge in [-0.15, -0.1) is 0 Å². The molecule has 18 heavy (non-hydrogen) atoms. The minimum atomic E-state index is -0.425. The first-order valence-electron chi connectivity index (χ1n) is 6.52. The Balaban J connectivity index is 1.82. The van der Waals surface area contributed by atoms with Gasteiger partial charge in [0.15, 0.2) is 0 Å². The Bertz CT molecular complexity index is 395. The van der Waals surface area contributed by atoms with Crippen molar-refractivity contribution in [1.82, 2.24) is 15.5 Å². The first kappa shape index (κ1) is 12.1. The molecule has 0 radical (unpaired) electrons. The Morgan fingerprint density at radius 1 is 1.39 bits per heavy atom. The summed E-state index contributed by atoms with van der Waals surface area (Å²) < 4.78 is 16.4. The number of ether oxygens (including phenoxy) is 2. The van der Waals surface area contributed by atoms with Crippen LogP contribution in [0.3, 0.4) is 0 Å². The van der Waals surface area contributed by atoms with Crippen molar-refractivity contribution in [3.63, 3.8) is 0 Å². The second-order valence-electron chi connectivity index (χ2n) is 4.96. The van der Waals surface area contributed by atoms with Crippen molar-refractivity contribution < 1.29 is 14.0 Å². The summed E-state index contributed by atoms with van der Waals surface area (Å²) in [4.78, 5) is 4.56. The molecule has 6 nitrogen and oxygen atoms in total. The molecule has 0 amide bonds. The smallest absolute Gasteiger partial charge is 0.231 e. The average molecular weight is 253 g/mol. The fourth-order valence-corrected chi connectivity index (χ4v) is 2.67. The Labute approximate surface area is 106 Å². The molecule has 0 saturated carbocycles. The number of rotatable bonds is 3. The number of hydrogen-bond acceptors (Lipinski definition) is 6. The SMILES string of the molecule is COC1(c2noc(C3CCNC3)n2)CCOCC1. The Morgan fingerprint density at radius 2 is 2.22 bits per heavy atom. The molecule has 1 N–H and O–H groups in total. The number of nitrogens with one attached hydrogen (secondary N) is 1. The molecule has 2 saturated heterocycles. The molecular formula is C12H19N3O3. The highest BCUT2D eigenvalue weighted by atomic mass is 16.5. The van der Waals surface area contributed by atoms with E-state index in [9.17, 15) is 0 Å². The molecule has 2 aliphatic rings. The third-order valence-corrected chi connectivity index (χ3v) is 3.95. The molecule has 0 aliphatic carbocycles. The molecule has 3 heterocycles. The van der Waals surface area contributed by atoms with E-state index in [4.69, 9.17) is 14.0 Å². The molecular weight excluding hydrogens is 234 g/mol. The van der Waals surface area contributed by atoms with E-state index in [-0.39, 0.29) is 0 Å². The molecule has 2 aliphatic heterocycles. The molecule has 0 aromatic carbocycles. The standard InChI is InChI=1S/C12H19N3O3/c1-16-12(3-6-17-7-4-12)11-14-10(18-15-11)9-2-5-13-8-9/h9,13H,2-8H2,1H3. The molecule has 0 spiro atoms. The van der Waals surface area contributed by atoms with Crippen molar-refractivity contribution in [3.8, 4) is 0 Å². The molecule has 6 heteroatoms. The summed E-state index contributed by atoms with van der Waals surface area (Å²) in [6.45, 7) is 3.31. The van der Waals surface area contributed by atoms with E-state index in [0.29, 0.717) is 25.0 Å². The lowest BCUT2D eigenvalue weighted by Crippen LogP contribution is -2.36. The molecule has 1 unspecified atom stereocenters. The predicted octanol–water partition coefficient (Wildman–Crippen LogP) is 0.799. The van der Waals surface area contributed by atoms with Crippen LogP contribution in [0.25, 0.3) is 0 Å². The van der Waals surface area contributed by atoms with E-state index in [0.717, 1.165) is 38.2 Å². The first-order chi connectivity index (χ1) is 8.84. The zero-order chi connectivity index (χ0) is 12.4. The maximum absolute atomic E-state index is 5.66. The monoisotopic (exact) mass is 253 g/mol. The molecule has 100 valence electrons. The largest absolute Gasteiger partial charge is 0.381 e. The summed E-state index contributed by atoms with van der Waals surface area (Å²) in [7, 11) is 1.71. The lowest BCUT2D eigenvalue weighted by molar-refractivity contribution is -0.101. The van der Waals surface area contributed by atoms with Crippen LogP contribution in [0.1, 0.15) is 36.9 Å². The Morgan fingerprint density at radius 3 is 2.89 bits per heavy atom. The van der Waals surface area contributed by atoms with Gasteiger partial charge in [0, 0.05) is 39.7 Å². The van der Waals surface area contributed by atoms with Crippen LogP contribution in [0.5, 0.6) is 0 Å². The van der Waals surface area contributed by atoms with Gasteiger partial charge in [-0.1, -0.05) is 5.16 Å². The molecule has 1 aromatic heterocycles. The second-order valence-corrected chi connectivity index (χ2v) is 4.96. The summed E-state index contributed by atoms with van der Waals surface area (Å²) in [6.07, 6.45) is 2.63. The normalized spacial score (nSPS) is 27.5. The van der Waals surface area contributed by atoms with Gasteiger partial charge in [-0.25, -0.2) is 0 Å². The zero-order valence-corrected chi connectivity index (χ0v) is 10.6. The van der Waals surface area contributed by atoms with Crippen molar-refractivity contribution in [2.75, 3.05) is 33.4 Å². The molecule has 2 fully saturated rings. The molecule has 1 aromatic rings. The fourth-order valence-electron chi connectivity index (χ4n) is 2.67. The van der Waals surface area contributed by atoms with Crippen LogP contribution in [0.15, 0.2) is 4.52 Å². The summed E-state index contributed by atoms with van der Waals surface area (Å²) in [6, 6.07) is 0. The third kappa shape index (κ3) is 2.04. The van der Waals surface area contributed by atoms with Crippen molar-refractivity contribution in [2.45, 2.75) is 30.8 Å². The van der Waals surface area contributed by atoms with Gasteiger partial charge in [-0.05, 0) is 13.0 Å². The van der Waals surface area contributed by atoms with Crippen molar-refractivity contribution in [1.29, 1.82) is 0 Å². The fraction of sp³-hybridized carbons (Fsp3) is 0.833. The Kier molecular flexibility index (Phi) is 3.32.